The van der Waals surface area contributed by atoms with Crippen molar-refractivity contribution in [1.29, 1.82) is 5.26 Å². The molecule has 4 aromatic rings. The summed E-state index contributed by atoms with van der Waals surface area (Å²) in [6.45, 7) is 5.18. The maximum absolute atomic E-state index is 12.9. The SMILES string of the molecule is N#Cc1ccc(O[C@H]2CC[C@H](NC(=O)c3ccc(N4CC(CN5CCC(n6ncc7c(N8CCC(=O)NC8=O)cccc76)CC5)C4)nn3)CC2)cc1Cl. The molecule has 1 aliphatic carbocycles. The highest BCUT2D eigenvalue weighted by Crippen LogP contribution is 2.33. The molecule has 4 fully saturated rings. The first-order valence-corrected chi connectivity index (χ1v) is 18.7. The highest BCUT2D eigenvalue weighted by atomic mass is 35.5. The lowest BCUT2D eigenvalue weighted by Crippen LogP contribution is -2.53. The number of nitriles is 1. The van der Waals surface area contributed by atoms with Gasteiger partial charge in [-0.2, -0.15) is 10.4 Å². The van der Waals surface area contributed by atoms with Crippen LogP contribution in [0.5, 0.6) is 5.75 Å². The molecular weight excluding hydrogens is 696 g/mol. The van der Waals surface area contributed by atoms with E-state index >= 15 is 0 Å². The lowest BCUT2D eigenvalue weighted by atomic mass is 9.92. The Morgan fingerprint density at radius 2 is 1.81 bits per heavy atom. The summed E-state index contributed by atoms with van der Waals surface area (Å²) in [6, 6.07) is 16.6. The lowest BCUT2D eigenvalue weighted by molar-refractivity contribution is -0.120. The van der Waals surface area contributed by atoms with Crippen molar-refractivity contribution in [1.82, 2.24) is 35.5 Å². The molecular formula is C38H41ClN10O4. The number of hydrogen-bond donors (Lipinski definition) is 2. The van der Waals surface area contributed by atoms with Crippen LogP contribution in [-0.4, -0.2) is 94.1 Å². The molecule has 3 saturated heterocycles. The minimum atomic E-state index is -0.387. The molecule has 4 amide bonds. The van der Waals surface area contributed by atoms with Gasteiger partial charge in [0, 0.05) is 69.1 Å². The summed E-state index contributed by atoms with van der Waals surface area (Å²) in [5.41, 5.74) is 2.52. The van der Waals surface area contributed by atoms with E-state index in [1.165, 1.54) is 0 Å². The molecule has 3 aliphatic heterocycles. The molecule has 5 heterocycles. The predicted molar refractivity (Wildman–Crippen MR) is 198 cm³/mol. The maximum atomic E-state index is 12.9. The Bertz CT molecular complexity index is 2040. The van der Waals surface area contributed by atoms with Crippen LogP contribution < -0.4 is 25.2 Å². The third kappa shape index (κ3) is 7.49. The van der Waals surface area contributed by atoms with Gasteiger partial charge >= 0.3 is 6.03 Å². The summed E-state index contributed by atoms with van der Waals surface area (Å²) in [5, 5.41) is 29.3. The van der Waals surface area contributed by atoms with Crippen LogP contribution in [0.3, 0.4) is 0 Å². The summed E-state index contributed by atoms with van der Waals surface area (Å²) in [4.78, 5) is 43.5. The fraction of sp³-hybridized carbons (Fsp3) is 0.447. The van der Waals surface area contributed by atoms with Gasteiger partial charge in [-0.1, -0.05) is 17.7 Å². The molecule has 14 nitrogen and oxygen atoms in total. The number of fused-ring (bicyclic) bond motifs is 1. The number of likely N-dealkylation sites (tertiary alicyclic amines) is 1. The molecule has 0 radical (unpaired) electrons. The van der Waals surface area contributed by atoms with Crippen molar-refractivity contribution in [3.63, 3.8) is 0 Å². The first-order chi connectivity index (χ1) is 25.8. The van der Waals surface area contributed by atoms with Crippen molar-refractivity contribution in [2.45, 2.75) is 63.1 Å². The number of amides is 4. The minimum Gasteiger partial charge on any atom is -0.490 e. The molecule has 4 aliphatic rings. The summed E-state index contributed by atoms with van der Waals surface area (Å²) in [6.07, 6.45) is 7.34. The molecule has 0 unspecified atom stereocenters. The van der Waals surface area contributed by atoms with E-state index in [2.05, 4.69) is 47.4 Å². The molecule has 15 heteroatoms. The second-order valence-corrected chi connectivity index (χ2v) is 14.9. The fourth-order valence-electron chi connectivity index (χ4n) is 8.01. The molecule has 53 heavy (non-hydrogen) atoms. The molecule has 8 rings (SSSR count). The topological polar surface area (TPSA) is 162 Å². The van der Waals surface area contributed by atoms with Gasteiger partial charge in [0.2, 0.25) is 5.91 Å². The Hall–Kier alpha value is -5.26. The number of rotatable bonds is 9. The van der Waals surface area contributed by atoms with E-state index in [0.717, 1.165) is 93.7 Å². The van der Waals surface area contributed by atoms with Gasteiger partial charge in [-0.25, -0.2) is 4.79 Å². The van der Waals surface area contributed by atoms with Gasteiger partial charge < -0.3 is 19.9 Å². The molecule has 0 atom stereocenters. The highest BCUT2D eigenvalue weighted by Gasteiger charge is 2.33. The Kier molecular flexibility index (Phi) is 9.85. The zero-order valence-electron chi connectivity index (χ0n) is 29.3. The molecule has 2 aromatic carbocycles. The van der Waals surface area contributed by atoms with Crippen LogP contribution in [-0.2, 0) is 4.79 Å². The number of nitrogens with one attached hydrogen (secondary N) is 2. The number of imide groups is 1. The van der Waals surface area contributed by atoms with E-state index in [1.54, 1.807) is 29.2 Å². The number of aromatic nitrogens is 4. The minimum absolute atomic E-state index is 0.0312. The van der Waals surface area contributed by atoms with Crippen molar-refractivity contribution in [2.24, 2.45) is 5.92 Å². The molecule has 1 saturated carbocycles. The van der Waals surface area contributed by atoms with Crippen LogP contribution >= 0.6 is 11.6 Å². The number of carbonyl (C=O) groups excluding carboxylic acids is 3. The standard InChI is InChI=1S/C38H41ClN10O4/c39-31-18-29(7-4-25(31)19-40)53-28-8-5-26(6-9-28)42-37(51)32-10-11-35(45-44-32)47-22-24(23-47)21-46-15-12-27(13-16-46)49-34-3-1-2-33(30(34)20-41-49)48-17-14-36(50)43-38(48)52/h1-4,7,10-11,18,20,24,26-28H,5-6,8-9,12-17,21-23H2,(H,42,51)(H,43,50,52)/t26-,28-. The van der Waals surface area contributed by atoms with Gasteiger partial charge in [0.1, 0.15) is 11.8 Å². The van der Waals surface area contributed by atoms with Gasteiger partial charge in [0.05, 0.1) is 40.1 Å². The summed E-state index contributed by atoms with van der Waals surface area (Å²) >= 11 is 6.14. The molecule has 274 valence electrons. The molecule has 0 bridgehead atoms. The third-order valence-electron chi connectivity index (χ3n) is 10.9. The largest absolute Gasteiger partial charge is 0.490 e. The van der Waals surface area contributed by atoms with E-state index in [0.29, 0.717) is 34.5 Å². The first-order valence-electron chi connectivity index (χ1n) is 18.4. The molecule has 0 spiro atoms. The van der Waals surface area contributed by atoms with Crippen molar-refractivity contribution >= 4 is 51.9 Å². The smallest absolute Gasteiger partial charge is 0.328 e. The lowest BCUT2D eigenvalue weighted by Gasteiger charge is -2.43. The monoisotopic (exact) mass is 736 g/mol. The normalized spacial score (nSPS) is 21.6. The number of benzene rings is 2. The van der Waals surface area contributed by atoms with E-state index in [4.69, 9.17) is 26.7 Å². The Balaban J connectivity index is 0.762. The number of carbonyl (C=O) groups is 3. The molecule has 2 aromatic heterocycles. The predicted octanol–water partition coefficient (Wildman–Crippen LogP) is 4.69. The average Bonchev–Trinajstić information content (AvgIpc) is 3.59. The van der Waals surface area contributed by atoms with Gasteiger partial charge in [-0.15, -0.1) is 10.2 Å². The molecule has 2 N–H and O–H groups in total. The van der Waals surface area contributed by atoms with Gasteiger partial charge in [-0.05, 0) is 74.9 Å². The van der Waals surface area contributed by atoms with Crippen molar-refractivity contribution < 1.29 is 19.1 Å². The van der Waals surface area contributed by atoms with Crippen LogP contribution in [0.15, 0.2) is 54.7 Å². The third-order valence-corrected chi connectivity index (χ3v) is 11.2. The van der Waals surface area contributed by atoms with Crippen molar-refractivity contribution in [3.8, 4) is 11.8 Å². The number of halogens is 1. The van der Waals surface area contributed by atoms with Gasteiger partial charge in [0.15, 0.2) is 11.5 Å². The number of anilines is 2. The van der Waals surface area contributed by atoms with Crippen molar-refractivity contribution in [3.05, 3.63) is 71.0 Å². The van der Waals surface area contributed by atoms with Crippen LogP contribution in [0.25, 0.3) is 10.9 Å². The van der Waals surface area contributed by atoms with Crippen LogP contribution in [0, 0.1) is 17.2 Å². The second-order valence-electron chi connectivity index (χ2n) is 14.5. The van der Waals surface area contributed by atoms with E-state index in [1.807, 2.05) is 24.4 Å². The zero-order valence-corrected chi connectivity index (χ0v) is 30.0. The summed E-state index contributed by atoms with van der Waals surface area (Å²) in [7, 11) is 0. The first kappa shape index (κ1) is 34.8. The van der Waals surface area contributed by atoms with Crippen LogP contribution in [0.1, 0.15) is 67.0 Å². The van der Waals surface area contributed by atoms with Gasteiger partial charge in [0.25, 0.3) is 5.91 Å². The number of hydrogen-bond acceptors (Lipinski definition) is 10. The number of ether oxygens (including phenoxy) is 1. The number of urea groups is 1. The second kappa shape index (κ2) is 15.0. The van der Waals surface area contributed by atoms with E-state index in [9.17, 15) is 14.4 Å². The number of nitrogens with zero attached hydrogens (tertiary/aromatic N) is 8. The van der Waals surface area contributed by atoms with Crippen LogP contribution in [0.2, 0.25) is 5.02 Å². The zero-order chi connectivity index (χ0) is 36.5. The number of piperidine rings is 1. The van der Waals surface area contributed by atoms with E-state index in [-0.39, 0.29) is 42.5 Å². The van der Waals surface area contributed by atoms with Gasteiger partial charge in [-0.3, -0.25) is 24.5 Å². The summed E-state index contributed by atoms with van der Waals surface area (Å²) in [5.74, 6) is 1.52. The fourth-order valence-corrected chi connectivity index (χ4v) is 8.22. The Morgan fingerprint density at radius 1 is 1.00 bits per heavy atom. The Labute approximate surface area is 312 Å². The maximum Gasteiger partial charge on any atom is 0.328 e. The average molecular weight is 737 g/mol. The highest BCUT2D eigenvalue weighted by molar-refractivity contribution is 6.31. The summed E-state index contributed by atoms with van der Waals surface area (Å²) < 4.78 is 8.18. The van der Waals surface area contributed by atoms with Crippen molar-refractivity contribution in [2.75, 3.05) is 49.1 Å². The Morgan fingerprint density at radius 3 is 2.53 bits per heavy atom. The van der Waals surface area contributed by atoms with E-state index < -0.39 is 0 Å². The quantitative estimate of drug-likeness (QED) is 0.247. The van der Waals surface area contributed by atoms with Crippen LogP contribution in [0.4, 0.5) is 16.3 Å².